The molecule has 0 unspecified atom stereocenters. The quantitative estimate of drug-likeness (QED) is 0.135. The Hall–Kier alpha value is -0.790. The molecule has 0 rings (SSSR count). The lowest BCUT2D eigenvalue weighted by Gasteiger charge is -2.01. The van der Waals surface area contributed by atoms with E-state index in [2.05, 4.69) is 23.8 Å². The molecule has 0 bridgehead atoms. The lowest BCUT2D eigenvalue weighted by Crippen LogP contribution is -1.99. The molecule has 0 aliphatic heterocycles. The molecule has 0 spiro atoms. The minimum Gasteiger partial charge on any atom is -0.469 e. The Bertz CT molecular complexity index is 296. The van der Waals surface area contributed by atoms with Crippen LogP contribution in [0.1, 0.15) is 122 Å². The van der Waals surface area contributed by atoms with Gasteiger partial charge in [-0.3, -0.25) is 4.79 Å². The summed E-state index contributed by atoms with van der Waals surface area (Å²) in [5.74, 6) is -0.0721. The van der Waals surface area contributed by atoms with Gasteiger partial charge in [0.15, 0.2) is 0 Å². The zero-order valence-corrected chi connectivity index (χ0v) is 17.2. The predicted octanol–water partition coefficient (Wildman–Crippen LogP) is 7.76. The second kappa shape index (κ2) is 21.3. The maximum atomic E-state index is 11.0. The van der Waals surface area contributed by atoms with Gasteiger partial charge in [0.1, 0.15) is 0 Å². The molecule has 0 aromatic rings. The third-order valence-electron chi connectivity index (χ3n) is 4.87. The van der Waals surface area contributed by atoms with Gasteiger partial charge in [-0.15, -0.1) is 0 Å². The van der Waals surface area contributed by atoms with Gasteiger partial charge < -0.3 is 4.74 Å². The van der Waals surface area contributed by atoms with Crippen LogP contribution < -0.4 is 0 Å². The summed E-state index contributed by atoms with van der Waals surface area (Å²) in [6, 6.07) is 0. The number of hydrogen-bond acceptors (Lipinski definition) is 2. The number of ether oxygens (including phenoxy) is 1. The van der Waals surface area contributed by atoms with Crippen molar-refractivity contribution < 1.29 is 9.53 Å². The van der Waals surface area contributed by atoms with Gasteiger partial charge in [-0.05, 0) is 32.1 Å². The molecule has 0 N–H and O–H groups in total. The second-order valence-corrected chi connectivity index (χ2v) is 7.32. The summed E-state index contributed by atoms with van der Waals surface area (Å²) in [5, 5.41) is 0. The monoisotopic (exact) mass is 352 g/mol. The Kier molecular flexibility index (Phi) is 20.6. The molecule has 0 aromatic heterocycles. The number of carbonyl (C=O) groups excluding carboxylic acids is 1. The van der Waals surface area contributed by atoms with Crippen LogP contribution in [0.15, 0.2) is 12.2 Å². The molecular weight excluding hydrogens is 308 g/mol. The lowest BCUT2D eigenvalue weighted by molar-refractivity contribution is -0.140. The van der Waals surface area contributed by atoms with E-state index in [0.717, 1.165) is 12.8 Å². The molecule has 0 radical (unpaired) electrons. The summed E-state index contributed by atoms with van der Waals surface area (Å²) in [6.07, 6.45) is 27.9. The highest BCUT2D eigenvalue weighted by atomic mass is 16.5. The van der Waals surface area contributed by atoms with Crippen LogP contribution >= 0.6 is 0 Å². The Morgan fingerprint density at radius 1 is 0.640 bits per heavy atom. The summed E-state index contributed by atoms with van der Waals surface area (Å²) < 4.78 is 4.64. The van der Waals surface area contributed by atoms with E-state index < -0.39 is 0 Å². The van der Waals surface area contributed by atoms with Crippen molar-refractivity contribution in [2.45, 2.75) is 122 Å². The van der Waals surface area contributed by atoms with Crippen molar-refractivity contribution in [1.29, 1.82) is 0 Å². The molecular formula is C23H44O2. The van der Waals surface area contributed by atoms with Crippen molar-refractivity contribution in [1.82, 2.24) is 0 Å². The predicted molar refractivity (Wildman–Crippen MR) is 110 cm³/mol. The highest BCUT2D eigenvalue weighted by Crippen LogP contribution is 2.12. The van der Waals surface area contributed by atoms with Gasteiger partial charge in [0.2, 0.25) is 0 Å². The molecule has 0 atom stereocenters. The van der Waals surface area contributed by atoms with Gasteiger partial charge in [0.25, 0.3) is 0 Å². The van der Waals surface area contributed by atoms with E-state index in [4.69, 9.17) is 0 Å². The van der Waals surface area contributed by atoms with Crippen molar-refractivity contribution in [3.05, 3.63) is 12.2 Å². The van der Waals surface area contributed by atoms with Gasteiger partial charge in [0, 0.05) is 6.42 Å². The van der Waals surface area contributed by atoms with Crippen LogP contribution in [0.2, 0.25) is 0 Å². The fourth-order valence-corrected chi connectivity index (χ4v) is 3.15. The number of rotatable bonds is 19. The average Bonchev–Trinajstić information content (AvgIpc) is 2.63. The second-order valence-electron chi connectivity index (χ2n) is 7.32. The smallest absolute Gasteiger partial charge is 0.305 e. The van der Waals surface area contributed by atoms with E-state index in [1.165, 1.54) is 103 Å². The first-order chi connectivity index (χ1) is 12.3. The van der Waals surface area contributed by atoms with Crippen molar-refractivity contribution in [2.75, 3.05) is 7.11 Å². The lowest BCUT2D eigenvalue weighted by atomic mass is 10.1. The van der Waals surface area contributed by atoms with E-state index in [1.54, 1.807) is 0 Å². The first kappa shape index (κ1) is 24.2. The standard InChI is InChI=1S/C23H44O2/c1-3-4-5-6-7-8-9-10-11-12-13-14-15-16-17-18-19-20-21-22-23(24)25-2/h13-14H,3-12,15-22H2,1-2H3. The number of methoxy groups -OCH3 is 1. The van der Waals surface area contributed by atoms with Crippen molar-refractivity contribution >= 4 is 5.97 Å². The zero-order chi connectivity index (χ0) is 18.4. The van der Waals surface area contributed by atoms with Gasteiger partial charge >= 0.3 is 5.97 Å². The number of unbranched alkanes of at least 4 members (excludes halogenated alkanes) is 15. The van der Waals surface area contributed by atoms with Gasteiger partial charge in [-0.1, -0.05) is 96.1 Å². The van der Waals surface area contributed by atoms with E-state index in [9.17, 15) is 4.79 Å². The minimum atomic E-state index is -0.0721. The summed E-state index contributed by atoms with van der Waals surface area (Å²) in [5.41, 5.74) is 0. The van der Waals surface area contributed by atoms with Crippen LogP contribution in [0.5, 0.6) is 0 Å². The summed E-state index contributed by atoms with van der Waals surface area (Å²) in [6.45, 7) is 2.28. The first-order valence-electron chi connectivity index (χ1n) is 11.0. The molecule has 0 heterocycles. The van der Waals surface area contributed by atoms with Crippen LogP contribution in [0.25, 0.3) is 0 Å². The van der Waals surface area contributed by atoms with Crippen molar-refractivity contribution in [3.63, 3.8) is 0 Å². The number of allylic oxidation sites excluding steroid dienone is 2. The Morgan fingerprint density at radius 3 is 1.48 bits per heavy atom. The molecule has 0 fully saturated rings. The van der Waals surface area contributed by atoms with Crippen LogP contribution in [0.4, 0.5) is 0 Å². The summed E-state index contributed by atoms with van der Waals surface area (Å²) in [7, 11) is 1.46. The molecule has 0 saturated carbocycles. The van der Waals surface area contributed by atoms with Crippen molar-refractivity contribution in [3.8, 4) is 0 Å². The van der Waals surface area contributed by atoms with Gasteiger partial charge in [-0.25, -0.2) is 0 Å². The van der Waals surface area contributed by atoms with E-state index in [0.29, 0.717) is 6.42 Å². The molecule has 0 aliphatic carbocycles. The fourth-order valence-electron chi connectivity index (χ4n) is 3.15. The minimum absolute atomic E-state index is 0.0721. The molecule has 2 nitrogen and oxygen atoms in total. The fraction of sp³-hybridized carbons (Fsp3) is 0.870. The number of carbonyl (C=O) groups is 1. The Labute approximate surface area is 157 Å². The number of esters is 1. The Morgan fingerprint density at radius 2 is 1.04 bits per heavy atom. The van der Waals surface area contributed by atoms with E-state index in [1.807, 2.05) is 0 Å². The SMILES string of the molecule is CCCCCCCCCCCC=CCCCCCCCCC(=O)OC. The largest absolute Gasteiger partial charge is 0.469 e. The molecule has 0 aliphatic rings. The molecule has 2 heteroatoms. The van der Waals surface area contributed by atoms with Crippen LogP contribution in [0, 0.1) is 0 Å². The highest BCUT2D eigenvalue weighted by molar-refractivity contribution is 5.68. The van der Waals surface area contributed by atoms with Gasteiger partial charge in [-0.2, -0.15) is 0 Å². The van der Waals surface area contributed by atoms with E-state index in [-0.39, 0.29) is 5.97 Å². The molecule has 25 heavy (non-hydrogen) atoms. The molecule has 148 valence electrons. The third kappa shape index (κ3) is 21.2. The van der Waals surface area contributed by atoms with Crippen LogP contribution in [0.3, 0.4) is 0 Å². The molecule has 0 amide bonds. The number of hydrogen-bond donors (Lipinski definition) is 0. The van der Waals surface area contributed by atoms with E-state index >= 15 is 0 Å². The maximum Gasteiger partial charge on any atom is 0.305 e. The van der Waals surface area contributed by atoms with Crippen molar-refractivity contribution in [2.24, 2.45) is 0 Å². The zero-order valence-electron chi connectivity index (χ0n) is 17.2. The summed E-state index contributed by atoms with van der Waals surface area (Å²) >= 11 is 0. The highest BCUT2D eigenvalue weighted by Gasteiger charge is 1.98. The Balaban J connectivity index is 3.10. The van der Waals surface area contributed by atoms with Crippen LogP contribution in [-0.2, 0) is 9.53 Å². The normalized spacial score (nSPS) is 11.3. The maximum absolute atomic E-state index is 11.0. The van der Waals surface area contributed by atoms with Gasteiger partial charge in [0.05, 0.1) is 7.11 Å². The molecule has 0 saturated heterocycles. The van der Waals surface area contributed by atoms with Crippen LogP contribution in [-0.4, -0.2) is 13.1 Å². The summed E-state index contributed by atoms with van der Waals surface area (Å²) in [4.78, 5) is 11.0. The molecule has 0 aromatic carbocycles. The average molecular weight is 353 g/mol. The third-order valence-corrected chi connectivity index (χ3v) is 4.87. The first-order valence-corrected chi connectivity index (χ1v) is 11.0. The topological polar surface area (TPSA) is 26.3 Å².